The average molecular weight is 288 g/mol. The van der Waals surface area contributed by atoms with E-state index in [0.717, 1.165) is 23.3 Å². The molecular weight excluding hydrogens is 268 g/mol. The van der Waals surface area contributed by atoms with Crippen molar-refractivity contribution in [2.45, 2.75) is 45.9 Å². The van der Waals surface area contributed by atoms with Crippen LogP contribution in [0.2, 0.25) is 0 Å². The first-order chi connectivity index (χ1) is 9.70. The topological polar surface area (TPSA) is 34.1 Å². The summed E-state index contributed by atoms with van der Waals surface area (Å²) in [6.45, 7) is 5.66. The largest absolute Gasteiger partial charge is 0.486 e. The monoisotopic (exact) mass is 288 g/mol. The fourth-order valence-corrected chi connectivity index (χ4v) is 2.92. The molecule has 1 saturated carbocycles. The number of nitrogens with zero attached hydrogens (tertiary/aromatic N) is 1. The predicted molar refractivity (Wildman–Crippen MR) is 82.2 cm³/mol. The summed E-state index contributed by atoms with van der Waals surface area (Å²) < 4.78 is 5.86. The second-order valence-corrected chi connectivity index (χ2v) is 6.63. The van der Waals surface area contributed by atoms with Gasteiger partial charge in [0.05, 0.1) is 0 Å². The molecule has 0 aliphatic heterocycles. The highest BCUT2D eigenvalue weighted by atomic mass is 32.1. The van der Waals surface area contributed by atoms with E-state index in [2.05, 4.69) is 36.3 Å². The Kier molecular flexibility index (Phi) is 4.03. The molecule has 2 aromatic rings. The van der Waals surface area contributed by atoms with Gasteiger partial charge in [-0.05, 0) is 38.3 Å². The number of benzene rings is 1. The van der Waals surface area contributed by atoms with Crippen LogP contribution in [-0.2, 0) is 13.2 Å². The molecule has 0 atom stereocenters. The maximum Gasteiger partial charge on any atom is 0.140 e. The van der Waals surface area contributed by atoms with Crippen LogP contribution >= 0.6 is 11.3 Å². The van der Waals surface area contributed by atoms with Crippen molar-refractivity contribution in [1.29, 1.82) is 0 Å². The quantitative estimate of drug-likeness (QED) is 0.882. The lowest BCUT2D eigenvalue weighted by molar-refractivity contribution is 0.303. The lowest BCUT2D eigenvalue weighted by Gasteiger charge is -2.08. The normalized spacial score (nSPS) is 14.5. The molecule has 0 spiro atoms. The Morgan fingerprint density at radius 1 is 1.35 bits per heavy atom. The summed E-state index contributed by atoms with van der Waals surface area (Å²) in [5, 5.41) is 4.54. The molecule has 1 N–H and O–H groups in total. The minimum Gasteiger partial charge on any atom is -0.486 e. The van der Waals surface area contributed by atoms with Crippen LogP contribution in [0.1, 0.15) is 33.9 Å². The van der Waals surface area contributed by atoms with E-state index in [9.17, 15) is 0 Å². The van der Waals surface area contributed by atoms with Gasteiger partial charge in [0, 0.05) is 23.7 Å². The molecule has 1 aromatic heterocycles. The first-order valence-electron chi connectivity index (χ1n) is 7.08. The highest BCUT2D eigenvalue weighted by Crippen LogP contribution is 2.23. The van der Waals surface area contributed by atoms with Crippen LogP contribution in [0.5, 0.6) is 5.75 Å². The molecule has 3 nitrogen and oxygen atoms in total. The molecule has 0 radical (unpaired) electrons. The van der Waals surface area contributed by atoms with Crippen LogP contribution in [0.4, 0.5) is 0 Å². The Morgan fingerprint density at radius 3 is 2.95 bits per heavy atom. The zero-order valence-electron chi connectivity index (χ0n) is 12.0. The molecule has 3 rings (SSSR count). The minimum atomic E-state index is 0.554. The fourth-order valence-electron chi connectivity index (χ4n) is 2.13. The van der Waals surface area contributed by atoms with Gasteiger partial charge in [-0.2, -0.15) is 0 Å². The second kappa shape index (κ2) is 5.94. The molecule has 1 aliphatic carbocycles. The van der Waals surface area contributed by atoms with Gasteiger partial charge in [0.2, 0.25) is 0 Å². The molecule has 0 unspecified atom stereocenters. The van der Waals surface area contributed by atoms with Gasteiger partial charge in [-0.3, -0.25) is 0 Å². The zero-order valence-corrected chi connectivity index (χ0v) is 12.8. The Hall–Kier alpha value is -1.39. The molecule has 1 heterocycles. The third kappa shape index (κ3) is 3.58. The van der Waals surface area contributed by atoms with E-state index in [4.69, 9.17) is 4.74 Å². The van der Waals surface area contributed by atoms with Crippen molar-refractivity contribution in [3.05, 3.63) is 45.4 Å². The fraction of sp³-hybridized carbons (Fsp3) is 0.438. The molecule has 106 valence electrons. The number of aromatic nitrogens is 1. The van der Waals surface area contributed by atoms with Gasteiger partial charge >= 0.3 is 0 Å². The Balaban J connectivity index is 1.54. The minimum absolute atomic E-state index is 0.554. The highest BCUT2D eigenvalue weighted by molar-refractivity contribution is 7.11. The van der Waals surface area contributed by atoms with Crippen LogP contribution in [0.15, 0.2) is 24.4 Å². The average Bonchev–Trinajstić information content (AvgIpc) is 3.14. The highest BCUT2D eigenvalue weighted by Gasteiger charge is 2.20. The van der Waals surface area contributed by atoms with Gasteiger partial charge in [-0.1, -0.05) is 17.7 Å². The van der Waals surface area contributed by atoms with Gasteiger partial charge < -0.3 is 10.1 Å². The van der Waals surface area contributed by atoms with E-state index in [1.807, 2.05) is 12.3 Å². The van der Waals surface area contributed by atoms with E-state index >= 15 is 0 Å². The Labute approximate surface area is 124 Å². The summed E-state index contributed by atoms with van der Waals surface area (Å²) in [6.07, 6.45) is 4.60. The van der Waals surface area contributed by atoms with Crippen LogP contribution in [0.25, 0.3) is 0 Å². The van der Waals surface area contributed by atoms with E-state index in [-0.39, 0.29) is 0 Å². The third-order valence-electron chi connectivity index (χ3n) is 3.43. The maximum atomic E-state index is 5.86. The van der Waals surface area contributed by atoms with Crippen molar-refractivity contribution in [1.82, 2.24) is 10.3 Å². The van der Waals surface area contributed by atoms with Gasteiger partial charge in [0.25, 0.3) is 0 Å². The Bertz CT molecular complexity index is 590. The number of thiazole rings is 1. The number of aryl methyl sites for hydroxylation is 2. The van der Waals surface area contributed by atoms with E-state index in [0.29, 0.717) is 6.61 Å². The molecule has 4 heteroatoms. The van der Waals surface area contributed by atoms with E-state index in [1.165, 1.54) is 28.8 Å². The van der Waals surface area contributed by atoms with Crippen LogP contribution in [0.3, 0.4) is 0 Å². The van der Waals surface area contributed by atoms with Crippen molar-refractivity contribution in [3.8, 4) is 5.75 Å². The smallest absolute Gasteiger partial charge is 0.140 e. The van der Waals surface area contributed by atoms with E-state index in [1.54, 1.807) is 11.3 Å². The first-order valence-corrected chi connectivity index (χ1v) is 7.89. The van der Waals surface area contributed by atoms with Crippen molar-refractivity contribution in [2.24, 2.45) is 0 Å². The van der Waals surface area contributed by atoms with Crippen molar-refractivity contribution >= 4 is 11.3 Å². The summed E-state index contributed by atoms with van der Waals surface area (Å²) in [5.74, 6) is 0.948. The second-order valence-electron chi connectivity index (χ2n) is 5.43. The summed E-state index contributed by atoms with van der Waals surface area (Å²) in [5.41, 5.74) is 2.44. The summed E-state index contributed by atoms with van der Waals surface area (Å²) in [7, 11) is 0. The molecule has 0 bridgehead atoms. The zero-order chi connectivity index (χ0) is 13.9. The van der Waals surface area contributed by atoms with Crippen LogP contribution in [0, 0.1) is 13.8 Å². The summed E-state index contributed by atoms with van der Waals surface area (Å²) in [4.78, 5) is 5.72. The van der Waals surface area contributed by atoms with Gasteiger partial charge in [0.1, 0.15) is 17.4 Å². The summed E-state index contributed by atoms with van der Waals surface area (Å²) >= 11 is 1.73. The standard InChI is InChI=1S/C16H20N2OS/c1-11-3-6-15(12(2)7-11)19-10-16-18-9-14(20-16)8-17-13-4-5-13/h3,6-7,9,13,17H,4-5,8,10H2,1-2H3. The predicted octanol–water partition coefficient (Wildman–Crippen LogP) is 3.59. The van der Waals surface area contributed by atoms with Gasteiger partial charge in [-0.15, -0.1) is 11.3 Å². The number of hydrogen-bond donors (Lipinski definition) is 1. The summed E-state index contributed by atoms with van der Waals surface area (Å²) in [6, 6.07) is 7.00. The first kappa shape index (κ1) is 13.6. The third-order valence-corrected chi connectivity index (χ3v) is 4.40. The van der Waals surface area contributed by atoms with Crippen molar-refractivity contribution < 1.29 is 4.74 Å². The molecule has 1 aromatic carbocycles. The van der Waals surface area contributed by atoms with Gasteiger partial charge in [-0.25, -0.2) is 4.98 Å². The maximum absolute atomic E-state index is 5.86. The molecule has 20 heavy (non-hydrogen) atoms. The lowest BCUT2D eigenvalue weighted by Crippen LogP contribution is -2.14. The van der Waals surface area contributed by atoms with Crippen molar-refractivity contribution in [2.75, 3.05) is 0 Å². The Morgan fingerprint density at radius 2 is 2.20 bits per heavy atom. The SMILES string of the molecule is Cc1ccc(OCc2ncc(CNC3CC3)s2)c(C)c1. The number of hydrogen-bond acceptors (Lipinski definition) is 4. The molecule has 1 fully saturated rings. The van der Waals surface area contributed by atoms with E-state index < -0.39 is 0 Å². The van der Waals surface area contributed by atoms with Crippen LogP contribution < -0.4 is 10.1 Å². The number of rotatable bonds is 6. The number of nitrogens with one attached hydrogen (secondary N) is 1. The molecular formula is C16H20N2OS. The van der Waals surface area contributed by atoms with Crippen LogP contribution in [-0.4, -0.2) is 11.0 Å². The number of ether oxygens (including phenoxy) is 1. The lowest BCUT2D eigenvalue weighted by atomic mass is 10.1. The molecule has 0 amide bonds. The molecule has 1 aliphatic rings. The van der Waals surface area contributed by atoms with Crippen molar-refractivity contribution in [3.63, 3.8) is 0 Å². The molecule has 0 saturated heterocycles. The van der Waals surface area contributed by atoms with Gasteiger partial charge in [0.15, 0.2) is 0 Å².